The maximum atomic E-state index is 5.91. The van der Waals surface area contributed by atoms with Crippen LogP contribution in [0.4, 0.5) is 11.4 Å². The largest absolute Gasteiger partial charge is 0.397 e. The van der Waals surface area contributed by atoms with Crippen molar-refractivity contribution < 1.29 is 0 Å². The lowest BCUT2D eigenvalue weighted by molar-refractivity contribution is 0.957. The molecule has 1 heterocycles. The van der Waals surface area contributed by atoms with Crippen LogP contribution in [0.2, 0.25) is 0 Å². The predicted molar refractivity (Wildman–Crippen MR) is 63.6 cm³/mol. The molecule has 1 aromatic heterocycles. The van der Waals surface area contributed by atoms with Crippen molar-refractivity contribution in [1.82, 2.24) is 9.66 Å². The average Bonchev–Trinajstić information content (AvgIpc) is 2.67. The van der Waals surface area contributed by atoms with Crippen LogP contribution < -0.4 is 16.5 Å². The second-order valence-electron chi connectivity index (χ2n) is 3.27. The number of imidazole rings is 1. The fourth-order valence-corrected chi connectivity index (χ4v) is 1.65. The standard InChI is InChI=1S/C10H15N5/c1-3-13-8-5-4-7(11)10-9(8)14-6-15(10)12-2/h4-6,12-13H,3,11H2,1-2H3. The quantitative estimate of drug-likeness (QED) is 0.659. The van der Waals surface area contributed by atoms with Crippen LogP contribution >= 0.6 is 0 Å². The van der Waals surface area contributed by atoms with E-state index in [2.05, 4.69) is 22.7 Å². The highest BCUT2D eigenvalue weighted by Crippen LogP contribution is 2.26. The molecule has 80 valence electrons. The zero-order valence-electron chi connectivity index (χ0n) is 8.91. The van der Waals surface area contributed by atoms with Crippen molar-refractivity contribution in [2.24, 2.45) is 0 Å². The number of hydrogen-bond donors (Lipinski definition) is 3. The van der Waals surface area contributed by atoms with Gasteiger partial charge in [-0.2, -0.15) is 0 Å². The Kier molecular flexibility index (Phi) is 2.37. The molecule has 0 spiro atoms. The number of rotatable bonds is 3. The van der Waals surface area contributed by atoms with E-state index in [1.54, 1.807) is 6.33 Å². The van der Waals surface area contributed by atoms with Crippen molar-refractivity contribution in [3.05, 3.63) is 18.5 Å². The third kappa shape index (κ3) is 1.45. The summed E-state index contributed by atoms with van der Waals surface area (Å²) in [5.74, 6) is 0. The second kappa shape index (κ2) is 3.68. The minimum atomic E-state index is 0.721. The highest BCUT2D eigenvalue weighted by Gasteiger charge is 2.09. The Hall–Kier alpha value is -1.91. The Labute approximate surface area is 88.3 Å². The smallest absolute Gasteiger partial charge is 0.116 e. The van der Waals surface area contributed by atoms with E-state index in [4.69, 9.17) is 5.73 Å². The Bertz CT molecular complexity index is 474. The fourth-order valence-electron chi connectivity index (χ4n) is 1.65. The molecule has 0 aliphatic carbocycles. The maximum absolute atomic E-state index is 5.91. The van der Waals surface area contributed by atoms with Crippen LogP contribution in [0.5, 0.6) is 0 Å². The SMILES string of the molecule is CCNc1ccc(N)c2c1ncn2NC. The highest BCUT2D eigenvalue weighted by molar-refractivity contribution is 5.96. The summed E-state index contributed by atoms with van der Waals surface area (Å²) >= 11 is 0. The molecule has 5 nitrogen and oxygen atoms in total. The molecule has 0 unspecified atom stereocenters. The van der Waals surface area contributed by atoms with Gasteiger partial charge in [-0.1, -0.05) is 0 Å². The number of benzene rings is 1. The Morgan fingerprint density at radius 3 is 2.93 bits per heavy atom. The molecule has 15 heavy (non-hydrogen) atoms. The van der Waals surface area contributed by atoms with Gasteiger partial charge < -0.3 is 16.5 Å². The van der Waals surface area contributed by atoms with Crippen molar-refractivity contribution >= 4 is 22.4 Å². The first-order valence-electron chi connectivity index (χ1n) is 4.95. The molecule has 5 heteroatoms. The van der Waals surface area contributed by atoms with Crippen LogP contribution in [0, 0.1) is 0 Å². The molecule has 2 aromatic rings. The van der Waals surface area contributed by atoms with Crippen LogP contribution in [0.15, 0.2) is 18.5 Å². The average molecular weight is 205 g/mol. The van der Waals surface area contributed by atoms with Gasteiger partial charge in [0.05, 0.1) is 11.4 Å². The normalized spacial score (nSPS) is 10.5. The minimum absolute atomic E-state index is 0.721. The highest BCUT2D eigenvalue weighted by atomic mass is 15.4. The molecule has 0 saturated heterocycles. The van der Waals surface area contributed by atoms with Gasteiger partial charge in [-0.15, -0.1) is 0 Å². The molecule has 0 saturated carbocycles. The third-order valence-electron chi connectivity index (χ3n) is 2.33. The van der Waals surface area contributed by atoms with Crippen molar-refractivity contribution in [1.29, 1.82) is 0 Å². The van der Waals surface area contributed by atoms with Crippen molar-refractivity contribution in [3.8, 4) is 0 Å². The van der Waals surface area contributed by atoms with E-state index >= 15 is 0 Å². The van der Waals surface area contributed by atoms with Crippen molar-refractivity contribution in [2.75, 3.05) is 30.1 Å². The van der Waals surface area contributed by atoms with Gasteiger partial charge in [-0.25, -0.2) is 9.66 Å². The lowest BCUT2D eigenvalue weighted by atomic mass is 10.2. The van der Waals surface area contributed by atoms with Crippen molar-refractivity contribution in [3.63, 3.8) is 0 Å². The molecule has 0 fully saturated rings. The third-order valence-corrected chi connectivity index (χ3v) is 2.33. The number of fused-ring (bicyclic) bond motifs is 1. The first-order valence-corrected chi connectivity index (χ1v) is 4.95. The summed E-state index contributed by atoms with van der Waals surface area (Å²) in [6.45, 7) is 2.92. The lowest BCUT2D eigenvalue weighted by Crippen LogP contribution is -2.08. The summed E-state index contributed by atoms with van der Waals surface area (Å²) in [6, 6.07) is 3.84. The number of nitrogens with zero attached hydrogens (tertiary/aromatic N) is 2. The number of nitrogen functional groups attached to an aromatic ring is 1. The summed E-state index contributed by atoms with van der Waals surface area (Å²) in [5, 5.41) is 3.26. The molecule has 0 radical (unpaired) electrons. The first kappa shape index (κ1) is 9.64. The van der Waals surface area contributed by atoms with Gasteiger partial charge in [-0.05, 0) is 19.1 Å². The minimum Gasteiger partial charge on any atom is -0.397 e. The lowest BCUT2D eigenvalue weighted by Gasteiger charge is -2.08. The van der Waals surface area contributed by atoms with E-state index < -0.39 is 0 Å². The van der Waals surface area contributed by atoms with Gasteiger partial charge in [0.15, 0.2) is 0 Å². The van der Waals surface area contributed by atoms with E-state index in [-0.39, 0.29) is 0 Å². The zero-order chi connectivity index (χ0) is 10.8. The van der Waals surface area contributed by atoms with Crippen molar-refractivity contribution in [2.45, 2.75) is 6.92 Å². The molecule has 0 atom stereocenters. The molecule has 0 aliphatic heterocycles. The number of aromatic nitrogens is 2. The Balaban J connectivity index is 2.67. The summed E-state index contributed by atoms with van der Waals surface area (Å²) in [7, 11) is 1.83. The monoisotopic (exact) mass is 205 g/mol. The summed E-state index contributed by atoms with van der Waals surface area (Å²) in [4.78, 5) is 4.33. The van der Waals surface area contributed by atoms with Gasteiger partial charge in [0.2, 0.25) is 0 Å². The predicted octanol–water partition coefficient (Wildman–Crippen LogP) is 1.22. The molecule has 2 rings (SSSR count). The Morgan fingerprint density at radius 1 is 1.47 bits per heavy atom. The van der Waals surface area contributed by atoms with Gasteiger partial charge in [0.25, 0.3) is 0 Å². The Morgan fingerprint density at radius 2 is 2.27 bits per heavy atom. The molecule has 0 amide bonds. The van der Waals surface area contributed by atoms with Gasteiger partial charge in [0, 0.05) is 13.6 Å². The van der Waals surface area contributed by atoms with Gasteiger partial charge in [0.1, 0.15) is 17.4 Å². The first-order chi connectivity index (χ1) is 7.27. The maximum Gasteiger partial charge on any atom is 0.116 e. The summed E-state index contributed by atoms with van der Waals surface area (Å²) < 4.78 is 1.81. The molecule has 4 N–H and O–H groups in total. The van der Waals surface area contributed by atoms with Crippen LogP contribution in [0.1, 0.15) is 6.92 Å². The molecule has 0 bridgehead atoms. The van der Waals surface area contributed by atoms with Gasteiger partial charge >= 0.3 is 0 Å². The number of nitrogens with two attached hydrogens (primary N) is 1. The van der Waals surface area contributed by atoms with Crippen LogP contribution in [-0.2, 0) is 0 Å². The molecular weight excluding hydrogens is 190 g/mol. The fraction of sp³-hybridized carbons (Fsp3) is 0.300. The number of nitrogens with one attached hydrogen (secondary N) is 2. The van der Waals surface area contributed by atoms with Gasteiger partial charge in [-0.3, -0.25) is 0 Å². The van der Waals surface area contributed by atoms with Crippen LogP contribution in [0.25, 0.3) is 11.0 Å². The summed E-state index contributed by atoms with van der Waals surface area (Å²) in [6.07, 6.45) is 1.72. The number of anilines is 2. The zero-order valence-corrected chi connectivity index (χ0v) is 8.91. The summed E-state index contributed by atoms with van der Waals surface area (Å²) in [5.41, 5.74) is 12.5. The van der Waals surface area contributed by atoms with Crippen LogP contribution in [-0.4, -0.2) is 23.3 Å². The van der Waals surface area contributed by atoms with E-state index in [9.17, 15) is 0 Å². The molecule has 0 aliphatic rings. The second-order valence-corrected chi connectivity index (χ2v) is 3.27. The van der Waals surface area contributed by atoms with Crippen LogP contribution in [0.3, 0.4) is 0 Å². The van der Waals surface area contributed by atoms with E-state index in [0.717, 1.165) is 29.0 Å². The van der Waals surface area contributed by atoms with E-state index in [0.29, 0.717) is 0 Å². The molecule has 1 aromatic carbocycles. The van der Waals surface area contributed by atoms with E-state index in [1.165, 1.54) is 0 Å². The number of hydrogen-bond acceptors (Lipinski definition) is 4. The van der Waals surface area contributed by atoms with E-state index in [1.807, 2.05) is 23.9 Å². The topological polar surface area (TPSA) is 67.9 Å². The molecular formula is C10H15N5.